The van der Waals surface area contributed by atoms with E-state index in [0.717, 1.165) is 25.7 Å². The molecule has 5 N–H and O–H groups in total. The monoisotopic (exact) mass is 288 g/mol. The molecule has 0 bridgehead atoms. The summed E-state index contributed by atoms with van der Waals surface area (Å²) in [5.41, 5.74) is 5.29. The van der Waals surface area contributed by atoms with E-state index in [1.54, 1.807) is 0 Å². The molecule has 0 aromatic heterocycles. The van der Waals surface area contributed by atoms with Crippen LogP contribution in [-0.2, 0) is 14.4 Å². The fourth-order valence-corrected chi connectivity index (χ4v) is 1.66. The minimum atomic E-state index is -1.10. The number of rotatable bonds is 12. The molecule has 0 aliphatic heterocycles. The number of nitrogens with two attached hydrogens (primary N) is 1. The van der Waals surface area contributed by atoms with E-state index in [-0.39, 0.29) is 25.2 Å². The van der Waals surface area contributed by atoms with Crippen LogP contribution >= 0.6 is 0 Å². The molecule has 20 heavy (non-hydrogen) atoms. The van der Waals surface area contributed by atoms with Crippen LogP contribution in [0.5, 0.6) is 0 Å². The molecule has 0 heterocycles. The molecule has 0 aromatic carbocycles. The summed E-state index contributed by atoms with van der Waals surface area (Å²) in [6, 6.07) is -0.991. The standard InChI is InChI=1S/C13H24N2O5/c14-10(13(19)20)7-8-11(16)15-9-5-3-1-2-4-6-12(17)18/h10H,1-9,14H2,(H,15,16)(H,17,18)(H,19,20)/t10-/m0/s1. The lowest BCUT2D eigenvalue weighted by molar-refractivity contribution is -0.139. The molecule has 1 atom stereocenters. The van der Waals surface area contributed by atoms with Gasteiger partial charge in [-0.1, -0.05) is 19.3 Å². The molecule has 0 rings (SSSR count). The second-order valence-electron chi connectivity index (χ2n) is 4.74. The SMILES string of the molecule is N[C@@H](CCC(=O)NCCCCCCCC(=O)O)C(=O)O. The Balaban J connectivity index is 3.35. The molecule has 0 aliphatic rings. The predicted molar refractivity (Wildman–Crippen MR) is 73.2 cm³/mol. The van der Waals surface area contributed by atoms with Gasteiger partial charge in [-0.3, -0.25) is 14.4 Å². The number of hydrogen-bond donors (Lipinski definition) is 4. The number of nitrogens with one attached hydrogen (secondary N) is 1. The molecule has 7 heteroatoms. The normalized spacial score (nSPS) is 11.8. The lowest BCUT2D eigenvalue weighted by Crippen LogP contribution is -2.32. The van der Waals surface area contributed by atoms with E-state index in [2.05, 4.69) is 5.32 Å². The molecule has 0 radical (unpaired) electrons. The van der Waals surface area contributed by atoms with Crippen LogP contribution in [-0.4, -0.2) is 40.6 Å². The summed E-state index contributed by atoms with van der Waals surface area (Å²) in [7, 11) is 0. The van der Waals surface area contributed by atoms with E-state index in [4.69, 9.17) is 15.9 Å². The van der Waals surface area contributed by atoms with E-state index < -0.39 is 18.0 Å². The maximum Gasteiger partial charge on any atom is 0.320 e. The van der Waals surface area contributed by atoms with Crippen LogP contribution in [0.3, 0.4) is 0 Å². The van der Waals surface area contributed by atoms with E-state index in [1.807, 2.05) is 0 Å². The van der Waals surface area contributed by atoms with Crippen molar-refractivity contribution in [3.8, 4) is 0 Å². The molecule has 0 spiro atoms. The number of carbonyl (C=O) groups excluding carboxylic acids is 1. The van der Waals surface area contributed by atoms with Crippen molar-refractivity contribution in [2.24, 2.45) is 5.73 Å². The Labute approximate surface area is 118 Å². The lowest BCUT2D eigenvalue weighted by Gasteiger charge is -2.07. The van der Waals surface area contributed by atoms with Gasteiger partial charge in [-0.15, -0.1) is 0 Å². The van der Waals surface area contributed by atoms with Gasteiger partial charge in [0, 0.05) is 19.4 Å². The van der Waals surface area contributed by atoms with Crippen LogP contribution < -0.4 is 11.1 Å². The van der Waals surface area contributed by atoms with E-state index in [1.165, 1.54) is 0 Å². The third kappa shape index (κ3) is 11.5. The largest absolute Gasteiger partial charge is 0.481 e. The third-order valence-electron chi connectivity index (χ3n) is 2.89. The van der Waals surface area contributed by atoms with Crippen molar-refractivity contribution in [1.29, 1.82) is 0 Å². The van der Waals surface area contributed by atoms with Crippen LogP contribution in [0.15, 0.2) is 0 Å². The molecule has 0 aliphatic carbocycles. The zero-order chi connectivity index (χ0) is 15.4. The summed E-state index contributed by atoms with van der Waals surface area (Å²) in [5, 5.41) is 19.7. The Kier molecular flexibility index (Phi) is 10.3. The first kappa shape index (κ1) is 18.4. The summed E-state index contributed by atoms with van der Waals surface area (Å²) in [4.78, 5) is 32.1. The zero-order valence-corrected chi connectivity index (χ0v) is 11.6. The highest BCUT2D eigenvalue weighted by atomic mass is 16.4. The summed E-state index contributed by atoms with van der Waals surface area (Å²) >= 11 is 0. The second-order valence-corrected chi connectivity index (χ2v) is 4.74. The molecule has 0 fully saturated rings. The van der Waals surface area contributed by atoms with Crippen LogP contribution in [0.2, 0.25) is 0 Å². The van der Waals surface area contributed by atoms with Crippen LogP contribution in [0.1, 0.15) is 51.4 Å². The minimum Gasteiger partial charge on any atom is -0.481 e. The van der Waals surface area contributed by atoms with Gasteiger partial charge >= 0.3 is 11.9 Å². The molecular weight excluding hydrogens is 264 g/mol. The summed E-state index contributed by atoms with van der Waals surface area (Å²) in [6.07, 6.45) is 4.76. The number of hydrogen-bond acceptors (Lipinski definition) is 4. The van der Waals surface area contributed by atoms with Gasteiger partial charge in [0.2, 0.25) is 5.91 Å². The van der Waals surface area contributed by atoms with Gasteiger partial charge in [-0.25, -0.2) is 0 Å². The topological polar surface area (TPSA) is 130 Å². The van der Waals surface area contributed by atoms with Crippen molar-refractivity contribution in [3.05, 3.63) is 0 Å². The maximum atomic E-state index is 11.4. The van der Waals surface area contributed by atoms with Gasteiger partial charge in [0.1, 0.15) is 6.04 Å². The number of aliphatic carboxylic acids is 2. The first-order chi connectivity index (χ1) is 9.43. The van der Waals surface area contributed by atoms with Gasteiger partial charge < -0.3 is 21.3 Å². The first-order valence-electron chi connectivity index (χ1n) is 6.90. The molecule has 0 saturated heterocycles. The molecule has 0 unspecified atom stereocenters. The highest BCUT2D eigenvalue weighted by Crippen LogP contribution is 2.05. The Morgan fingerprint density at radius 1 is 0.950 bits per heavy atom. The van der Waals surface area contributed by atoms with Gasteiger partial charge in [-0.2, -0.15) is 0 Å². The summed E-state index contributed by atoms with van der Waals surface area (Å²) in [5.74, 6) is -2.05. The smallest absolute Gasteiger partial charge is 0.320 e. The summed E-state index contributed by atoms with van der Waals surface area (Å²) in [6.45, 7) is 0.556. The zero-order valence-electron chi connectivity index (χ0n) is 11.6. The van der Waals surface area contributed by atoms with Crippen molar-refractivity contribution >= 4 is 17.8 Å². The maximum absolute atomic E-state index is 11.4. The van der Waals surface area contributed by atoms with E-state index in [0.29, 0.717) is 13.0 Å². The van der Waals surface area contributed by atoms with Crippen molar-refractivity contribution in [3.63, 3.8) is 0 Å². The highest BCUT2D eigenvalue weighted by Gasteiger charge is 2.12. The highest BCUT2D eigenvalue weighted by molar-refractivity contribution is 5.78. The third-order valence-corrected chi connectivity index (χ3v) is 2.89. The Hall–Kier alpha value is -1.63. The second kappa shape index (κ2) is 11.2. The van der Waals surface area contributed by atoms with Crippen molar-refractivity contribution < 1.29 is 24.6 Å². The molecule has 7 nitrogen and oxygen atoms in total. The van der Waals surface area contributed by atoms with Gasteiger partial charge in [-0.05, 0) is 19.3 Å². The minimum absolute atomic E-state index is 0.117. The van der Waals surface area contributed by atoms with Gasteiger partial charge in [0.05, 0.1) is 0 Å². The first-order valence-corrected chi connectivity index (χ1v) is 6.90. The van der Waals surface area contributed by atoms with Crippen molar-refractivity contribution in [2.75, 3.05) is 6.54 Å². The fourth-order valence-electron chi connectivity index (χ4n) is 1.66. The molecule has 0 saturated carbocycles. The molecular formula is C13H24N2O5. The van der Waals surface area contributed by atoms with Crippen LogP contribution in [0, 0.1) is 0 Å². The van der Waals surface area contributed by atoms with Gasteiger partial charge in [0.15, 0.2) is 0 Å². The number of carboxylic acids is 2. The van der Waals surface area contributed by atoms with Crippen molar-refractivity contribution in [1.82, 2.24) is 5.32 Å². The number of carbonyl (C=O) groups is 3. The average Bonchev–Trinajstić information content (AvgIpc) is 2.38. The Morgan fingerprint density at radius 2 is 1.55 bits per heavy atom. The summed E-state index contributed by atoms with van der Waals surface area (Å²) < 4.78 is 0. The van der Waals surface area contributed by atoms with Crippen LogP contribution in [0.4, 0.5) is 0 Å². The predicted octanol–water partition coefficient (Wildman–Crippen LogP) is 0.720. The average molecular weight is 288 g/mol. The van der Waals surface area contributed by atoms with E-state index >= 15 is 0 Å². The fraction of sp³-hybridized carbons (Fsp3) is 0.769. The molecule has 116 valence electrons. The lowest BCUT2D eigenvalue weighted by atomic mass is 10.1. The number of amides is 1. The van der Waals surface area contributed by atoms with Crippen LogP contribution in [0.25, 0.3) is 0 Å². The molecule has 0 aromatic rings. The van der Waals surface area contributed by atoms with Crippen molar-refractivity contribution in [2.45, 2.75) is 57.4 Å². The Morgan fingerprint density at radius 3 is 2.15 bits per heavy atom. The quantitative estimate of drug-likeness (QED) is 0.391. The Bertz CT molecular complexity index is 320. The number of carboxylic acid groups (broad SMARTS) is 2. The van der Waals surface area contributed by atoms with E-state index in [9.17, 15) is 14.4 Å². The van der Waals surface area contributed by atoms with Gasteiger partial charge in [0.25, 0.3) is 0 Å². The molecule has 1 amide bonds. The number of unbranched alkanes of at least 4 members (excludes halogenated alkanes) is 4.